The van der Waals surface area contributed by atoms with Crippen LogP contribution in [0, 0.1) is 5.92 Å². The zero-order chi connectivity index (χ0) is 22.8. The summed E-state index contributed by atoms with van der Waals surface area (Å²) < 4.78 is 1.69. The molecule has 1 aliphatic carbocycles. The van der Waals surface area contributed by atoms with Crippen molar-refractivity contribution in [1.82, 2.24) is 19.6 Å². The van der Waals surface area contributed by atoms with Crippen LogP contribution in [0.4, 0.5) is 5.82 Å². The van der Waals surface area contributed by atoms with Gasteiger partial charge in [-0.1, -0.05) is 36.4 Å². The van der Waals surface area contributed by atoms with E-state index in [0.29, 0.717) is 24.1 Å². The Kier molecular flexibility index (Phi) is 5.88. The van der Waals surface area contributed by atoms with Gasteiger partial charge in [-0.3, -0.25) is 9.78 Å². The molecule has 33 heavy (non-hydrogen) atoms. The summed E-state index contributed by atoms with van der Waals surface area (Å²) in [7, 11) is 0. The van der Waals surface area contributed by atoms with E-state index >= 15 is 0 Å². The molecule has 1 fully saturated rings. The summed E-state index contributed by atoms with van der Waals surface area (Å²) in [6.07, 6.45) is 8.29. The average Bonchev–Trinajstić information content (AvgIpc) is 3.30. The molecule has 0 spiro atoms. The third-order valence-electron chi connectivity index (χ3n) is 6.67. The van der Waals surface area contributed by atoms with E-state index in [1.807, 2.05) is 48.7 Å². The zero-order valence-electron chi connectivity index (χ0n) is 18.5. The summed E-state index contributed by atoms with van der Waals surface area (Å²) in [6.45, 7) is 0.139. The van der Waals surface area contributed by atoms with Crippen LogP contribution in [0.25, 0.3) is 28.0 Å². The summed E-state index contributed by atoms with van der Waals surface area (Å²) >= 11 is 0. The highest BCUT2D eigenvalue weighted by Gasteiger charge is 2.26. The molecule has 168 valence electrons. The van der Waals surface area contributed by atoms with Gasteiger partial charge in [0.2, 0.25) is 0 Å². The van der Waals surface area contributed by atoms with Crippen LogP contribution in [0.5, 0.6) is 0 Å². The molecular formula is C26H28N6O. The molecule has 1 aromatic carbocycles. The molecule has 3 aromatic heterocycles. The number of nitrogens with two attached hydrogens (primary N) is 2. The van der Waals surface area contributed by atoms with Crippen LogP contribution >= 0.6 is 0 Å². The quantitative estimate of drug-likeness (QED) is 0.464. The first-order valence-corrected chi connectivity index (χ1v) is 11.5. The third kappa shape index (κ3) is 4.36. The van der Waals surface area contributed by atoms with Gasteiger partial charge in [-0.15, -0.1) is 0 Å². The largest absolute Gasteiger partial charge is 0.384 e. The van der Waals surface area contributed by atoms with Crippen LogP contribution in [0.15, 0.2) is 60.9 Å². The maximum absolute atomic E-state index is 11.7. The first-order valence-electron chi connectivity index (χ1n) is 11.5. The molecule has 4 aromatic rings. The molecule has 0 bridgehead atoms. The lowest BCUT2D eigenvalue weighted by atomic mass is 9.78. The van der Waals surface area contributed by atoms with Gasteiger partial charge < -0.3 is 11.5 Å². The molecule has 0 saturated heterocycles. The molecule has 0 amide bonds. The molecular weight excluding hydrogens is 412 g/mol. The van der Waals surface area contributed by atoms with E-state index in [1.165, 1.54) is 0 Å². The fourth-order valence-corrected chi connectivity index (χ4v) is 4.82. The van der Waals surface area contributed by atoms with E-state index < -0.39 is 0 Å². The predicted molar refractivity (Wildman–Crippen MR) is 129 cm³/mol. The molecule has 0 aliphatic heterocycles. The minimum atomic E-state index is 0.139. The van der Waals surface area contributed by atoms with Crippen molar-refractivity contribution in [2.24, 2.45) is 11.7 Å². The van der Waals surface area contributed by atoms with E-state index in [2.05, 4.69) is 16.1 Å². The van der Waals surface area contributed by atoms with Crippen LogP contribution in [-0.2, 0) is 4.79 Å². The number of nitrogen functional groups attached to an aromatic ring is 1. The van der Waals surface area contributed by atoms with Crippen LogP contribution < -0.4 is 11.5 Å². The Hall–Kier alpha value is -3.58. The lowest BCUT2D eigenvalue weighted by molar-refractivity contribution is -0.118. The van der Waals surface area contributed by atoms with Gasteiger partial charge in [0.05, 0.1) is 18.4 Å². The van der Waals surface area contributed by atoms with E-state index in [1.54, 1.807) is 10.7 Å². The van der Waals surface area contributed by atoms with E-state index in [4.69, 9.17) is 16.5 Å². The van der Waals surface area contributed by atoms with Crippen molar-refractivity contribution >= 4 is 17.2 Å². The standard InChI is InChI=1S/C26H28N6O/c27-14-21(33)12-17-6-8-19(9-7-17)24-13-25(28)32-26(31-24)22(16-30-32)20-10-11-23(29-15-20)18-4-2-1-3-5-18/h1-5,10-11,13,15-17,19H,6-9,12,14,27-28H2. The summed E-state index contributed by atoms with van der Waals surface area (Å²) in [5.41, 5.74) is 17.5. The monoisotopic (exact) mass is 440 g/mol. The number of aromatic nitrogens is 4. The number of benzene rings is 1. The highest BCUT2D eigenvalue weighted by molar-refractivity contribution is 5.80. The molecule has 1 aliphatic rings. The molecule has 0 atom stereocenters. The Labute approximate surface area is 192 Å². The maximum Gasteiger partial charge on any atom is 0.165 e. The number of carbonyl (C=O) groups excluding carboxylic acids is 1. The molecule has 4 N–H and O–H groups in total. The number of fused-ring (bicyclic) bond motifs is 1. The Morgan fingerprint density at radius 1 is 1.00 bits per heavy atom. The fourth-order valence-electron chi connectivity index (χ4n) is 4.82. The van der Waals surface area contributed by atoms with Gasteiger partial charge in [-0.25, -0.2) is 4.98 Å². The second-order valence-corrected chi connectivity index (χ2v) is 8.86. The van der Waals surface area contributed by atoms with E-state index in [0.717, 1.165) is 59.4 Å². The summed E-state index contributed by atoms with van der Waals surface area (Å²) in [4.78, 5) is 21.3. The topological polar surface area (TPSA) is 112 Å². The van der Waals surface area contributed by atoms with Gasteiger partial charge in [0.25, 0.3) is 0 Å². The zero-order valence-corrected chi connectivity index (χ0v) is 18.5. The van der Waals surface area contributed by atoms with Crippen molar-refractivity contribution in [3.63, 3.8) is 0 Å². The number of ketones is 1. The van der Waals surface area contributed by atoms with Crippen molar-refractivity contribution in [3.8, 4) is 22.4 Å². The minimum absolute atomic E-state index is 0.139. The van der Waals surface area contributed by atoms with Crippen molar-refractivity contribution in [2.45, 2.75) is 38.0 Å². The first kappa shape index (κ1) is 21.3. The second kappa shape index (κ2) is 9.11. The number of nitrogens with zero attached hydrogens (tertiary/aromatic N) is 4. The van der Waals surface area contributed by atoms with Crippen LogP contribution in [0.2, 0.25) is 0 Å². The molecule has 3 heterocycles. The van der Waals surface area contributed by atoms with Crippen molar-refractivity contribution in [3.05, 3.63) is 66.6 Å². The highest BCUT2D eigenvalue weighted by atomic mass is 16.1. The number of rotatable bonds is 6. The number of hydrogen-bond donors (Lipinski definition) is 2. The number of pyridine rings is 1. The SMILES string of the molecule is NCC(=O)CC1CCC(c2cc(N)n3ncc(-c4ccc(-c5ccccc5)nc4)c3n2)CC1. The van der Waals surface area contributed by atoms with Crippen molar-refractivity contribution in [2.75, 3.05) is 12.3 Å². The van der Waals surface area contributed by atoms with Crippen LogP contribution in [0.3, 0.4) is 0 Å². The Morgan fingerprint density at radius 3 is 2.48 bits per heavy atom. The number of hydrogen-bond acceptors (Lipinski definition) is 6. The molecule has 7 nitrogen and oxygen atoms in total. The summed E-state index contributed by atoms with van der Waals surface area (Å²) in [6, 6.07) is 16.1. The smallest absolute Gasteiger partial charge is 0.165 e. The molecule has 0 radical (unpaired) electrons. The lowest BCUT2D eigenvalue weighted by Crippen LogP contribution is -2.21. The normalized spacial score (nSPS) is 18.5. The van der Waals surface area contributed by atoms with Gasteiger partial charge in [0.1, 0.15) is 11.6 Å². The molecule has 7 heteroatoms. The third-order valence-corrected chi connectivity index (χ3v) is 6.67. The first-order chi connectivity index (χ1) is 16.1. The van der Waals surface area contributed by atoms with Gasteiger partial charge in [0, 0.05) is 47.0 Å². The summed E-state index contributed by atoms with van der Waals surface area (Å²) in [5, 5.41) is 4.47. The van der Waals surface area contributed by atoms with Gasteiger partial charge in [0.15, 0.2) is 5.65 Å². The van der Waals surface area contributed by atoms with Crippen LogP contribution in [-0.4, -0.2) is 31.9 Å². The van der Waals surface area contributed by atoms with Crippen molar-refractivity contribution in [1.29, 1.82) is 0 Å². The van der Waals surface area contributed by atoms with E-state index in [-0.39, 0.29) is 12.3 Å². The summed E-state index contributed by atoms with van der Waals surface area (Å²) in [5.74, 6) is 1.49. The Morgan fingerprint density at radius 2 is 1.79 bits per heavy atom. The average molecular weight is 441 g/mol. The number of Topliss-reactive ketones (excluding diaryl/α,β-unsaturated/α-hetero) is 1. The number of anilines is 1. The minimum Gasteiger partial charge on any atom is -0.384 e. The van der Waals surface area contributed by atoms with Gasteiger partial charge in [-0.05, 0) is 37.7 Å². The van der Waals surface area contributed by atoms with Gasteiger partial charge in [-0.2, -0.15) is 9.61 Å². The molecule has 5 rings (SSSR count). The lowest BCUT2D eigenvalue weighted by Gasteiger charge is -2.28. The van der Waals surface area contributed by atoms with Crippen LogP contribution in [0.1, 0.15) is 43.7 Å². The molecule has 0 unspecified atom stereocenters. The van der Waals surface area contributed by atoms with E-state index in [9.17, 15) is 4.79 Å². The Balaban J connectivity index is 1.40. The predicted octanol–water partition coefficient (Wildman–Crippen LogP) is 4.23. The number of carbonyl (C=O) groups is 1. The molecule has 1 saturated carbocycles. The van der Waals surface area contributed by atoms with Crippen molar-refractivity contribution < 1.29 is 4.79 Å². The van der Waals surface area contributed by atoms with Gasteiger partial charge >= 0.3 is 0 Å². The maximum atomic E-state index is 11.7. The highest BCUT2D eigenvalue weighted by Crippen LogP contribution is 2.37. The fraction of sp³-hybridized carbons (Fsp3) is 0.308. The second-order valence-electron chi connectivity index (χ2n) is 8.86. The Bertz CT molecular complexity index is 1260.